The van der Waals surface area contributed by atoms with Crippen LogP contribution in [-0.2, 0) is 6.42 Å². The molecule has 0 saturated carbocycles. The molecular weight excluding hydrogens is 278 g/mol. The van der Waals surface area contributed by atoms with Crippen LogP contribution in [0.25, 0.3) is 0 Å². The lowest BCUT2D eigenvalue weighted by Gasteiger charge is -2.18. The van der Waals surface area contributed by atoms with E-state index in [0.717, 1.165) is 30.1 Å². The standard InChI is InChI=1S/C14H18ClN3S/c1-3-9-16-13(10-5-7-11(15)8-6-10)14-12(4-2)17-18-19-14/h5-8,13,16H,3-4,9H2,1-2H3. The van der Waals surface area contributed by atoms with E-state index in [1.165, 1.54) is 22.0 Å². The number of aryl methyl sites for hydroxylation is 1. The van der Waals surface area contributed by atoms with E-state index in [9.17, 15) is 0 Å². The minimum Gasteiger partial charge on any atom is -0.305 e. The molecule has 5 heteroatoms. The molecule has 1 heterocycles. The van der Waals surface area contributed by atoms with Crippen molar-refractivity contribution in [3.8, 4) is 0 Å². The number of rotatable bonds is 6. The van der Waals surface area contributed by atoms with Gasteiger partial charge < -0.3 is 5.32 Å². The van der Waals surface area contributed by atoms with Crippen molar-refractivity contribution in [1.82, 2.24) is 14.9 Å². The number of benzene rings is 1. The van der Waals surface area contributed by atoms with Gasteiger partial charge >= 0.3 is 0 Å². The van der Waals surface area contributed by atoms with Crippen molar-refractivity contribution in [2.24, 2.45) is 0 Å². The first-order chi connectivity index (χ1) is 9.26. The van der Waals surface area contributed by atoms with E-state index in [-0.39, 0.29) is 6.04 Å². The zero-order chi connectivity index (χ0) is 13.7. The summed E-state index contributed by atoms with van der Waals surface area (Å²) in [6.07, 6.45) is 2.00. The Kier molecular flexibility index (Phi) is 5.31. The Morgan fingerprint density at radius 2 is 2.00 bits per heavy atom. The fourth-order valence-electron chi connectivity index (χ4n) is 1.99. The Hall–Kier alpha value is -0.970. The monoisotopic (exact) mass is 295 g/mol. The smallest absolute Gasteiger partial charge is 0.0804 e. The molecule has 0 spiro atoms. The van der Waals surface area contributed by atoms with E-state index in [2.05, 4.69) is 40.9 Å². The van der Waals surface area contributed by atoms with Crippen LogP contribution in [0.4, 0.5) is 0 Å². The maximum absolute atomic E-state index is 5.96. The van der Waals surface area contributed by atoms with Crippen molar-refractivity contribution >= 4 is 23.1 Å². The first kappa shape index (κ1) is 14.4. The molecule has 19 heavy (non-hydrogen) atoms. The lowest BCUT2D eigenvalue weighted by atomic mass is 10.0. The van der Waals surface area contributed by atoms with Crippen LogP contribution in [0.1, 0.15) is 42.4 Å². The summed E-state index contributed by atoms with van der Waals surface area (Å²) in [5.74, 6) is 0. The number of hydrogen-bond donors (Lipinski definition) is 1. The van der Waals surface area contributed by atoms with Crippen molar-refractivity contribution in [3.05, 3.63) is 45.4 Å². The summed E-state index contributed by atoms with van der Waals surface area (Å²) in [5.41, 5.74) is 2.28. The van der Waals surface area contributed by atoms with Gasteiger partial charge in [0.2, 0.25) is 0 Å². The maximum Gasteiger partial charge on any atom is 0.0804 e. The van der Waals surface area contributed by atoms with Crippen LogP contribution in [0, 0.1) is 0 Å². The highest BCUT2D eigenvalue weighted by Crippen LogP contribution is 2.28. The quantitative estimate of drug-likeness (QED) is 0.880. The second-order valence-electron chi connectivity index (χ2n) is 4.38. The Morgan fingerprint density at radius 1 is 1.26 bits per heavy atom. The van der Waals surface area contributed by atoms with E-state index >= 15 is 0 Å². The number of aromatic nitrogens is 2. The van der Waals surface area contributed by atoms with Crippen molar-refractivity contribution in [1.29, 1.82) is 0 Å². The number of nitrogens with zero attached hydrogens (tertiary/aromatic N) is 2. The van der Waals surface area contributed by atoms with E-state index < -0.39 is 0 Å². The molecule has 1 atom stereocenters. The van der Waals surface area contributed by atoms with Crippen LogP contribution >= 0.6 is 23.1 Å². The minimum atomic E-state index is 0.159. The van der Waals surface area contributed by atoms with Gasteiger partial charge in [-0.2, -0.15) is 0 Å². The third kappa shape index (κ3) is 3.53. The molecule has 102 valence electrons. The minimum absolute atomic E-state index is 0.159. The van der Waals surface area contributed by atoms with E-state index in [1.807, 2.05) is 12.1 Å². The Bertz CT molecular complexity index is 510. The number of halogens is 1. The predicted octanol–water partition coefficient (Wildman–Crippen LogP) is 3.84. The van der Waals surface area contributed by atoms with Crippen LogP contribution in [-0.4, -0.2) is 16.1 Å². The summed E-state index contributed by atoms with van der Waals surface area (Å²) >= 11 is 7.44. The lowest BCUT2D eigenvalue weighted by Crippen LogP contribution is -2.23. The average Bonchev–Trinajstić information content (AvgIpc) is 2.89. The fourth-order valence-corrected chi connectivity index (χ4v) is 2.95. The molecular formula is C14H18ClN3S. The summed E-state index contributed by atoms with van der Waals surface area (Å²) in [5, 5.41) is 8.54. The highest BCUT2D eigenvalue weighted by Gasteiger charge is 2.19. The molecule has 0 radical (unpaired) electrons. The summed E-state index contributed by atoms with van der Waals surface area (Å²) in [4.78, 5) is 1.21. The number of hydrogen-bond acceptors (Lipinski definition) is 4. The molecule has 1 aromatic carbocycles. The largest absolute Gasteiger partial charge is 0.305 e. The van der Waals surface area contributed by atoms with Crippen LogP contribution in [0.15, 0.2) is 24.3 Å². The van der Waals surface area contributed by atoms with Crippen molar-refractivity contribution in [2.45, 2.75) is 32.7 Å². The van der Waals surface area contributed by atoms with Gasteiger partial charge in [0.15, 0.2) is 0 Å². The van der Waals surface area contributed by atoms with Crippen LogP contribution in [0.5, 0.6) is 0 Å². The zero-order valence-corrected chi connectivity index (χ0v) is 12.8. The summed E-state index contributed by atoms with van der Waals surface area (Å²) in [6.45, 7) is 5.24. The predicted molar refractivity (Wildman–Crippen MR) is 80.9 cm³/mol. The molecule has 0 fully saturated rings. The number of nitrogens with one attached hydrogen (secondary N) is 1. The molecule has 2 aromatic rings. The topological polar surface area (TPSA) is 37.8 Å². The molecule has 0 amide bonds. The third-order valence-electron chi connectivity index (χ3n) is 2.98. The summed E-state index contributed by atoms with van der Waals surface area (Å²) in [7, 11) is 0. The van der Waals surface area contributed by atoms with Gasteiger partial charge in [-0.05, 0) is 48.6 Å². The third-order valence-corrected chi connectivity index (χ3v) is 4.07. The Labute approximate surface area is 123 Å². The van der Waals surface area contributed by atoms with Crippen molar-refractivity contribution in [2.75, 3.05) is 6.54 Å². The van der Waals surface area contributed by atoms with E-state index in [0.29, 0.717) is 0 Å². The molecule has 0 aliphatic carbocycles. The molecule has 0 aliphatic rings. The highest BCUT2D eigenvalue weighted by molar-refractivity contribution is 7.05. The molecule has 0 saturated heterocycles. The SMILES string of the molecule is CCCNC(c1ccc(Cl)cc1)c1snnc1CC. The summed E-state index contributed by atoms with van der Waals surface area (Å²) < 4.78 is 4.09. The van der Waals surface area contributed by atoms with Crippen molar-refractivity contribution in [3.63, 3.8) is 0 Å². The van der Waals surface area contributed by atoms with Crippen molar-refractivity contribution < 1.29 is 0 Å². The van der Waals surface area contributed by atoms with Gasteiger partial charge in [-0.1, -0.05) is 42.1 Å². The van der Waals surface area contributed by atoms with E-state index in [4.69, 9.17) is 11.6 Å². The van der Waals surface area contributed by atoms with E-state index in [1.54, 1.807) is 0 Å². The van der Waals surface area contributed by atoms with Crippen LogP contribution in [0.3, 0.4) is 0 Å². The second-order valence-corrected chi connectivity index (χ2v) is 5.60. The molecule has 3 nitrogen and oxygen atoms in total. The zero-order valence-electron chi connectivity index (χ0n) is 11.2. The van der Waals surface area contributed by atoms with Gasteiger partial charge in [0.1, 0.15) is 0 Å². The normalized spacial score (nSPS) is 12.6. The Balaban J connectivity index is 2.32. The molecule has 0 bridgehead atoms. The lowest BCUT2D eigenvalue weighted by molar-refractivity contribution is 0.601. The van der Waals surface area contributed by atoms with Gasteiger partial charge in [-0.3, -0.25) is 0 Å². The average molecular weight is 296 g/mol. The van der Waals surface area contributed by atoms with Crippen LogP contribution in [0.2, 0.25) is 5.02 Å². The van der Waals surface area contributed by atoms with Gasteiger partial charge in [0, 0.05) is 5.02 Å². The second kappa shape index (κ2) is 6.98. The molecule has 1 aromatic heterocycles. The van der Waals surface area contributed by atoms with Gasteiger partial charge in [-0.25, -0.2) is 0 Å². The molecule has 1 unspecified atom stereocenters. The van der Waals surface area contributed by atoms with Gasteiger partial charge in [0.25, 0.3) is 0 Å². The van der Waals surface area contributed by atoms with Gasteiger partial charge in [0.05, 0.1) is 16.6 Å². The molecule has 0 aliphatic heterocycles. The Morgan fingerprint density at radius 3 is 2.63 bits per heavy atom. The molecule has 1 N–H and O–H groups in total. The first-order valence-electron chi connectivity index (χ1n) is 6.56. The summed E-state index contributed by atoms with van der Waals surface area (Å²) in [6, 6.07) is 8.14. The maximum atomic E-state index is 5.96. The fraction of sp³-hybridized carbons (Fsp3) is 0.429. The van der Waals surface area contributed by atoms with Gasteiger partial charge in [-0.15, -0.1) is 5.10 Å². The molecule has 2 rings (SSSR count). The first-order valence-corrected chi connectivity index (χ1v) is 7.71. The van der Waals surface area contributed by atoms with Crippen LogP contribution < -0.4 is 5.32 Å². The highest BCUT2D eigenvalue weighted by atomic mass is 35.5.